The summed E-state index contributed by atoms with van der Waals surface area (Å²) >= 11 is 0. The van der Waals surface area contributed by atoms with E-state index in [1.54, 1.807) is 6.08 Å². The Morgan fingerprint density at radius 3 is 2.44 bits per heavy atom. The van der Waals surface area contributed by atoms with Gasteiger partial charge >= 0.3 is 6.09 Å². The van der Waals surface area contributed by atoms with Crippen molar-refractivity contribution in [3.05, 3.63) is 87.0 Å². The molecule has 0 aromatic heterocycles. The van der Waals surface area contributed by atoms with Crippen LogP contribution >= 0.6 is 0 Å². The number of ether oxygens (including phenoxy) is 2. The van der Waals surface area contributed by atoms with E-state index in [1.165, 1.54) is 0 Å². The normalized spacial score (nSPS) is 18.5. The quantitative estimate of drug-likeness (QED) is 0.372. The van der Waals surface area contributed by atoms with Crippen molar-refractivity contribution in [1.82, 2.24) is 4.90 Å². The number of hydrogen-bond donors (Lipinski definition) is 1. The number of rotatable bonds is 8. The molecular formula is C21H22N4O7. The second-order valence-corrected chi connectivity index (χ2v) is 7.15. The number of hydrogen-bond acceptors (Lipinski definition) is 8. The van der Waals surface area contributed by atoms with Crippen molar-refractivity contribution in [1.29, 1.82) is 0 Å². The molecule has 0 radical (unpaired) electrons. The van der Waals surface area contributed by atoms with E-state index in [0.717, 1.165) is 23.8 Å². The lowest BCUT2D eigenvalue weighted by Crippen LogP contribution is -2.51. The molecule has 1 aliphatic rings. The predicted octanol–water partition coefficient (Wildman–Crippen LogP) is 3.51. The molecule has 11 nitrogen and oxygen atoms in total. The lowest BCUT2D eigenvalue weighted by molar-refractivity contribution is -0.394. The van der Waals surface area contributed by atoms with Crippen molar-refractivity contribution in [2.24, 2.45) is 0 Å². The van der Waals surface area contributed by atoms with Crippen LogP contribution in [0.2, 0.25) is 0 Å². The highest BCUT2D eigenvalue weighted by Gasteiger charge is 2.29. The summed E-state index contributed by atoms with van der Waals surface area (Å²) in [6, 6.07) is 12.4. The topological polar surface area (TPSA) is 137 Å². The van der Waals surface area contributed by atoms with Gasteiger partial charge in [-0.05, 0) is 5.56 Å². The molecule has 1 heterocycles. The van der Waals surface area contributed by atoms with Gasteiger partial charge in [0.1, 0.15) is 6.61 Å². The van der Waals surface area contributed by atoms with Gasteiger partial charge in [0, 0.05) is 25.2 Å². The Bertz CT molecular complexity index is 967. The maximum absolute atomic E-state index is 12.3. The predicted molar refractivity (Wildman–Crippen MR) is 115 cm³/mol. The van der Waals surface area contributed by atoms with E-state index in [1.807, 2.05) is 30.3 Å². The number of nitrogens with one attached hydrogen (secondary N) is 1. The maximum Gasteiger partial charge on any atom is 0.411 e. The summed E-state index contributed by atoms with van der Waals surface area (Å²) in [4.78, 5) is 34.8. The third kappa shape index (κ3) is 6.09. The maximum atomic E-state index is 12.3. The van der Waals surface area contributed by atoms with Gasteiger partial charge < -0.3 is 9.47 Å². The highest BCUT2D eigenvalue weighted by molar-refractivity contribution is 5.85. The first kappa shape index (κ1) is 22.8. The Morgan fingerprint density at radius 1 is 1.19 bits per heavy atom. The Morgan fingerprint density at radius 2 is 1.84 bits per heavy atom. The fourth-order valence-corrected chi connectivity index (χ4v) is 3.28. The average Bonchev–Trinajstić information content (AvgIpc) is 2.78. The van der Waals surface area contributed by atoms with E-state index in [4.69, 9.17) is 9.47 Å². The van der Waals surface area contributed by atoms with Gasteiger partial charge in [0.2, 0.25) is 0 Å². The molecule has 1 N–H and O–H groups in total. The Balaban J connectivity index is 1.64. The Hall–Kier alpha value is -3.83. The molecule has 2 aromatic rings. The summed E-state index contributed by atoms with van der Waals surface area (Å²) in [5, 5.41) is 24.3. The highest BCUT2D eigenvalue weighted by Crippen LogP contribution is 2.26. The van der Waals surface area contributed by atoms with Gasteiger partial charge in [-0.15, -0.1) is 6.58 Å². The minimum atomic E-state index is -0.884. The van der Waals surface area contributed by atoms with Gasteiger partial charge in [0.25, 0.3) is 11.4 Å². The van der Waals surface area contributed by atoms with Crippen LogP contribution in [0.15, 0.2) is 61.2 Å². The summed E-state index contributed by atoms with van der Waals surface area (Å²) in [5.41, 5.74) is -0.0430. The first-order valence-electron chi connectivity index (χ1n) is 9.75. The number of benzene rings is 2. The molecule has 1 amide bonds. The molecule has 0 spiro atoms. The fourth-order valence-electron chi connectivity index (χ4n) is 3.28. The summed E-state index contributed by atoms with van der Waals surface area (Å²) in [6.07, 6.45) is 0.691. The number of amides is 1. The van der Waals surface area contributed by atoms with Crippen LogP contribution in [0.25, 0.3) is 0 Å². The third-order valence-corrected chi connectivity index (χ3v) is 4.90. The van der Waals surface area contributed by atoms with E-state index in [0.29, 0.717) is 19.7 Å². The number of morpholine rings is 1. The highest BCUT2D eigenvalue weighted by atomic mass is 16.6. The molecule has 0 aliphatic carbocycles. The fraction of sp³-hybridized carbons (Fsp3) is 0.286. The molecular weight excluding hydrogens is 420 g/mol. The van der Waals surface area contributed by atoms with E-state index >= 15 is 0 Å². The number of carbonyl (C=O) groups is 1. The molecule has 3 rings (SSSR count). The molecule has 2 aromatic carbocycles. The summed E-state index contributed by atoms with van der Waals surface area (Å²) < 4.78 is 11.0. The number of non-ortho nitro benzene ring substituents is 2. The van der Waals surface area contributed by atoms with Gasteiger partial charge in [-0.3, -0.25) is 30.4 Å². The Labute approximate surface area is 183 Å². The van der Waals surface area contributed by atoms with Crippen LogP contribution < -0.4 is 5.32 Å². The van der Waals surface area contributed by atoms with E-state index in [2.05, 4.69) is 16.8 Å². The summed E-state index contributed by atoms with van der Waals surface area (Å²) in [6.45, 7) is 5.29. The van der Waals surface area contributed by atoms with Gasteiger partial charge in [0.05, 0.1) is 40.4 Å². The second-order valence-electron chi connectivity index (χ2n) is 7.15. The smallest absolute Gasteiger partial charge is 0.411 e. The molecule has 168 valence electrons. The number of nitro benzene ring substituents is 2. The number of anilines is 1. The van der Waals surface area contributed by atoms with Crippen molar-refractivity contribution < 1.29 is 24.1 Å². The van der Waals surface area contributed by atoms with Crippen molar-refractivity contribution in [3.8, 4) is 0 Å². The summed E-state index contributed by atoms with van der Waals surface area (Å²) in [7, 11) is 0. The Kier molecular flexibility index (Phi) is 7.47. The number of nitrogens with zero attached hydrogens (tertiary/aromatic N) is 3. The van der Waals surface area contributed by atoms with Crippen molar-refractivity contribution in [2.45, 2.75) is 18.7 Å². The standard InChI is InChI=1S/C21H22N4O7/c1-2-20-12-23(11-15-6-4-3-5-7-15)19(13-31-20)14-32-21(26)22-16-8-17(24(27)28)10-18(9-16)25(29)30/h2-10,19-20H,1,11-14H2,(H,22,26)/t19-,20-/m1/s1. The average molecular weight is 442 g/mol. The molecule has 1 aliphatic heterocycles. The molecule has 0 unspecified atom stereocenters. The number of nitro groups is 2. The molecule has 0 bridgehead atoms. The van der Waals surface area contributed by atoms with Crippen LogP contribution in [0.3, 0.4) is 0 Å². The van der Waals surface area contributed by atoms with Gasteiger partial charge in [-0.2, -0.15) is 0 Å². The zero-order valence-electron chi connectivity index (χ0n) is 17.1. The molecule has 32 heavy (non-hydrogen) atoms. The largest absolute Gasteiger partial charge is 0.448 e. The monoisotopic (exact) mass is 442 g/mol. The third-order valence-electron chi connectivity index (χ3n) is 4.90. The zero-order chi connectivity index (χ0) is 23.1. The SMILES string of the molecule is C=C[C@@H]1CN(Cc2ccccc2)[C@@H](COC(=O)Nc2cc([N+](=O)[O-])cc([N+](=O)[O-])c2)CO1. The van der Waals surface area contributed by atoms with Crippen molar-refractivity contribution in [3.63, 3.8) is 0 Å². The first-order valence-corrected chi connectivity index (χ1v) is 9.75. The van der Waals surface area contributed by atoms with E-state index < -0.39 is 27.3 Å². The van der Waals surface area contributed by atoms with Crippen LogP contribution in [0.5, 0.6) is 0 Å². The second kappa shape index (κ2) is 10.5. The summed E-state index contributed by atoms with van der Waals surface area (Å²) in [5.74, 6) is 0. The molecule has 1 saturated heterocycles. The molecule has 11 heteroatoms. The molecule has 0 saturated carbocycles. The van der Waals surface area contributed by atoms with Crippen LogP contribution in [0, 0.1) is 20.2 Å². The van der Waals surface area contributed by atoms with Crippen molar-refractivity contribution >= 4 is 23.2 Å². The van der Waals surface area contributed by atoms with Gasteiger partial charge in [0.15, 0.2) is 0 Å². The van der Waals surface area contributed by atoms with Crippen LogP contribution in [0.1, 0.15) is 5.56 Å². The van der Waals surface area contributed by atoms with E-state index in [9.17, 15) is 25.0 Å². The first-order chi connectivity index (χ1) is 15.4. The molecule has 2 atom stereocenters. The molecule has 1 fully saturated rings. The van der Waals surface area contributed by atoms with Crippen molar-refractivity contribution in [2.75, 3.05) is 25.1 Å². The lowest BCUT2D eigenvalue weighted by Gasteiger charge is -2.38. The minimum absolute atomic E-state index is 0.000447. The minimum Gasteiger partial charge on any atom is -0.448 e. The van der Waals surface area contributed by atoms with Crippen LogP contribution in [-0.4, -0.2) is 52.7 Å². The number of carbonyl (C=O) groups excluding carboxylic acids is 1. The van der Waals surface area contributed by atoms with Crippen LogP contribution in [-0.2, 0) is 16.0 Å². The lowest BCUT2D eigenvalue weighted by atomic mass is 10.1. The van der Waals surface area contributed by atoms with Crippen LogP contribution in [0.4, 0.5) is 21.9 Å². The van der Waals surface area contributed by atoms with Gasteiger partial charge in [-0.1, -0.05) is 36.4 Å². The van der Waals surface area contributed by atoms with E-state index in [-0.39, 0.29) is 24.4 Å². The van der Waals surface area contributed by atoms with Gasteiger partial charge in [-0.25, -0.2) is 4.79 Å². The zero-order valence-corrected chi connectivity index (χ0v) is 17.1.